The summed E-state index contributed by atoms with van der Waals surface area (Å²) in [7, 11) is 0. The Hall–Kier alpha value is -1.23. The van der Waals surface area contributed by atoms with Crippen LogP contribution in [0.2, 0.25) is 0 Å². The third-order valence-electron chi connectivity index (χ3n) is 2.42. The molecule has 1 aliphatic rings. The zero-order valence-corrected chi connectivity index (χ0v) is 9.08. The first-order chi connectivity index (χ1) is 7.11. The number of aliphatic hydroxyl groups excluding tert-OH is 1. The highest BCUT2D eigenvalue weighted by Gasteiger charge is 2.26. The van der Waals surface area contributed by atoms with Crippen LogP contribution in [-0.4, -0.2) is 36.4 Å². The van der Waals surface area contributed by atoms with Crippen molar-refractivity contribution in [1.29, 1.82) is 0 Å². The van der Waals surface area contributed by atoms with E-state index in [2.05, 4.69) is 5.32 Å². The molecule has 15 heavy (non-hydrogen) atoms. The van der Waals surface area contributed by atoms with Gasteiger partial charge in [-0.3, -0.25) is 4.79 Å². The predicted molar refractivity (Wildman–Crippen MR) is 53.9 cm³/mol. The van der Waals surface area contributed by atoms with E-state index in [9.17, 15) is 4.79 Å². The fourth-order valence-electron chi connectivity index (χ4n) is 1.06. The summed E-state index contributed by atoms with van der Waals surface area (Å²) in [6, 6.07) is 0. The molecule has 0 spiro atoms. The summed E-state index contributed by atoms with van der Waals surface area (Å²) < 4.78 is 10.1. The van der Waals surface area contributed by atoms with Gasteiger partial charge in [0.25, 0.3) is 5.91 Å². The van der Waals surface area contributed by atoms with Gasteiger partial charge in [0.15, 0.2) is 0 Å². The minimum atomic E-state index is -0.612. The second-order valence-electron chi connectivity index (χ2n) is 3.73. The summed E-state index contributed by atoms with van der Waals surface area (Å²) in [4.78, 5) is 11.6. The molecule has 1 unspecified atom stereocenters. The lowest BCUT2D eigenvalue weighted by molar-refractivity contribution is -0.124. The van der Waals surface area contributed by atoms with Crippen molar-refractivity contribution in [2.24, 2.45) is 0 Å². The number of carbonyl (C=O) groups is 1. The van der Waals surface area contributed by atoms with Gasteiger partial charge in [0.1, 0.15) is 19.5 Å². The molecular formula is C10H17NO4. The molecule has 0 aromatic carbocycles. The molecule has 0 saturated heterocycles. The van der Waals surface area contributed by atoms with Crippen LogP contribution in [0.25, 0.3) is 0 Å². The molecule has 2 N–H and O–H groups in total. The van der Waals surface area contributed by atoms with Gasteiger partial charge >= 0.3 is 0 Å². The van der Waals surface area contributed by atoms with Crippen molar-refractivity contribution in [3.05, 3.63) is 12.0 Å². The average molecular weight is 215 g/mol. The Labute approximate surface area is 89.1 Å². The molecule has 1 atom stereocenters. The minimum Gasteiger partial charge on any atom is -0.494 e. The number of rotatable bonds is 4. The summed E-state index contributed by atoms with van der Waals surface area (Å²) in [5.41, 5.74) is -0.612. The molecular weight excluding hydrogens is 198 g/mol. The van der Waals surface area contributed by atoms with E-state index in [0.29, 0.717) is 19.6 Å². The van der Waals surface area contributed by atoms with E-state index in [1.165, 1.54) is 6.26 Å². The summed E-state index contributed by atoms with van der Waals surface area (Å²) in [6.45, 7) is 4.39. The van der Waals surface area contributed by atoms with E-state index in [1.54, 1.807) is 6.92 Å². The van der Waals surface area contributed by atoms with Gasteiger partial charge in [0.05, 0.1) is 12.1 Å². The van der Waals surface area contributed by atoms with Crippen LogP contribution in [0.5, 0.6) is 0 Å². The molecule has 0 saturated carbocycles. The molecule has 0 radical (unpaired) electrons. The Kier molecular flexibility index (Phi) is 3.96. The zero-order valence-electron chi connectivity index (χ0n) is 9.08. The van der Waals surface area contributed by atoms with Crippen molar-refractivity contribution < 1.29 is 19.4 Å². The summed E-state index contributed by atoms with van der Waals surface area (Å²) in [6.07, 6.45) is 1.94. The van der Waals surface area contributed by atoms with Gasteiger partial charge in [-0.15, -0.1) is 0 Å². The lowest BCUT2D eigenvalue weighted by atomic mass is 10.0. The van der Waals surface area contributed by atoms with E-state index in [4.69, 9.17) is 14.6 Å². The normalized spacial score (nSPS) is 19.3. The Balaban J connectivity index is 2.57. The van der Waals surface area contributed by atoms with Crippen molar-refractivity contribution in [3.8, 4) is 0 Å². The van der Waals surface area contributed by atoms with Gasteiger partial charge in [-0.2, -0.15) is 0 Å². The van der Waals surface area contributed by atoms with E-state index in [-0.39, 0.29) is 18.3 Å². The first-order valence-electron chi connectivity index (χ1n) is 4.99. The molecule has 1 rings (SSSR count). The minimum absolute atomic E-state index is 0.108. The fraction of sp³-hybridized carbons (Fsp3) is 0.700. The predicted octanol–water partition coefficient (Wildman–Crippen LogP) is 0.152. The standard InChI is InChI=1S/C10H17NO4/c1-3-10(2,7-12)11-9(13)8-6-14-4-5-15-8/h6,12H,3-5,7H2,1-2H3,(H,11,13). The van der Waals surface area contributed by atoms with Gasteiger partial charge in [0, 0.05) is 0 Å². The van der Waals surface area contributed by atoms with Crippen molar-refractivity contribution in [2.75, 3.05) is 19.8 Å². The molecule has 1 heterocycles. The summed E-state index contributed by atoms with van der Waals surface area (Å²) >= 11 is 0. The Morgan fingerprint density at radius 2 is 2.40 bits per heavy atom. The summed E-state index contributed by atoms with van der Waals surface area (Å²) in [5.74, 6) is -0.192. The maximum atomic E-state index is 11.6. The molecule has 1 aliphatic heterocycles. The Morgan fingerprint density at radius 1 is 1.67 bits per heavy atom. The fourth-order valence-corrected chi connectivity index (χ4v) is 1.06. The molecule has 0 bridgehead atoms. The van der Waals surface area contributed by atoms with Crippen molar-refractivity contribution in [3.63, 3.8) is 0 Å². The average Bonchev–Trinajstić information content (AvgIpc) is 2.30. The number of hydrogen-bond donors (Lipinski definition) is 2. The molecule has 5 heteroatoms. The quantitative estimate of drug-likeness (QED) is 0.700. The molecule has 0 fully saturated rings. The van der Waals surface area contributed by atoms with Gasteiger partial charge in [0.2, 0.25) is 5.76 Å². The molecule has 0 aromatic rings. The van der Waals surface area contributed by atoms with E-state index >= 15 is 0 Å². The number of amides is 1. The van der Waals surface area contributed by atoms with Crippen molar-refractivity contribution in [2.45, 2.75) is 25.8 Å². The monoisotopic (exact) mass is 215 g/mol. The SMILES string of the molecule is CCC(C)(CO)NC(=O)C1=COCCO1. The number of ether oxygens (including phenoxy) is 2. The number of hydrogen-bond acceptors (Lipinski definition) is 4. The second kappa shape index (κ2) is 5.02. The van der Waals surface area contributed by atoms with Gasteiger partial charge in [-0.25, -0.2) is 0 Å². The van der Waals surface area contributed by atoms with Crippen LogP contribution in [-0.2, 0) is 14.3 Å². The molecule has 5 nitrogen and oxygen atoms in total. The van der Waals surface area contributed by atoms with Crippen LogP contribution < -0.4 is 5.32 Å². The smallest absolute Gasteiger partial charge is 0.290 e. The Morgan fingerprint density at radius 3 is 2.87 bits per heavy atom. The molecule has 86 valence electrons. The highest BCUT2D eigenvalue weighted by Crippen LogP contribution is 2.11. The van der Waals surface area contributed by atoms with Crippen LogP contribution in [0.3, 0.4) is 0 Å². The zero-order chi connectivity index (χ0) is 11.3. The maximum absolute atomic E-state index is 11.6. The largest absolute Gasteiger partial charge is 0.494 e. The van der Waals surface area contributed by atoms with Gasteiger partial charge < -0.3 is 19.9 Å². The highest BCUT2D eigenvalue weighted by atomic mass is 16.6. The topological polar surface area (TPSA) is 67.8 Å². The van der Waals surface area contributed by atoms with Gasteiger partial charge in [-0.1, -0.05) is 6.92 Å². The van der Waals surface area contributed by atoms with E-state index in [0.717, 1.165) is 0 Å². The Bertz CT molecular complexity index is 258. The van der Waals surface area contributed by atoms with Crippen LogP contribution in [0.1, 0.15) is 20.3 Å². The van der Waals surface area contributed by atoms with Crippen molar-refractivity contribution in [1.82, 2.24) is 5.32 Å². The number of carbonyl (C=O) groups excluding carboxylic acids is 1. The first-order valence-corrected chi connectivity index (χ1v) is 4.99. The third kappa shape index (κ3) is 3.13. The van der Waals surface area contributed by atoms with Crippen LogP contribution >= 0.6 is 0 Å². The number of nitrogens with one attached hydrogen (secondary N) is 1. The van der Waals surface area contributed by atoms with Crippen LogP contribution in [0.15, 0.2) is 12.0 Å². The molecule has 0 aliphatic carbocycles. The van der Waals surface area contributed by atoms with Crippen LogP contribution in [0, 0.1) is 0 Å². The van der Waals surface area contributed by atoms with Crippen molar-refractivity contribution >= 4 is 5.91 Å². The van der Waals surface area contributed by atoms with Gasteiger partial charge in [-0.05, 0) is 13.3 Å². The maximum Gasteiger partial charge on any atom is 0.290 e. The molecule has 0 aromatic heterocycles. The lowest BCUT2D eigenvalue weighted by Gasteiger charge is -2.28. The summed E-state index contributed by atoms with van der Waals surface area (Å²) in [5, 5.41) is 11.8. The number of aliphatic hydroxyl groups is 1. The molecule has 1 amide bonds. The van der Waals surface area contributed by atoms with Crippen LogP contribution in [0.4, 0.5) is 0 Å². The first kappa shape index (κ1) is 11.8. The van der Waals surface area contributed by atoms with E-state index in [1.807, 2.05) is 6.92 Å². The highest BCUT2D eigenvalue weighted by molar-refractivity contribution is 5.91. The van der Waals surface area contributed by atoms with E-state index < -0.39 is 5.54 Å². The lowest BCUT2D eigenvalue weighted by Crippen LogP contribution is -2.49. The second-order valence-corrected chi connectivity index (χ2v) is 3.73. The third-order valence-corrected chi connectivity index (χ3v) is 2.42.